The Morgan fingerprint density at radius 1 is 1.39 bits per heavy atom. The van der Waals surface area contributed by atoms with Gasteiger partial charge in [0.25, 0.3) is 0 Å². The summed E-state index contributed by atoms with van der Waals surface area (Å²) >= 11 is 0. The molecule has 5 N–H and O–H groups in total. The number of nitrogen functional groups attached to an aromatic ring is 1. The van der Waals surface area contributed by atoms with E-state index in [0.717, 1.165) is 38.3 Å². The third-order valence-corrected chi connectivity index (χ3v) is 3.24. The Kier molecular flexibility index (Phi) is 3.93. The largest absolute Gasteiger partial charge is 0.388 e. The number of rotatable bonds is 4. The van der Waals surface area contributed by atoms with Crippen molar-refractivity contribution in [2.75, 3.05) is 17.3 Å². The number of hydrogen-bond acceptors (Lipinski definition) is 6. The third kappa shape index (κ3) is 3.05. The first-order chi connectivity index (χ1) is 8.63. The summed E-state index contributed by atoms with van der Waals surface area (Å²) < 4.78 is 13.4. The lowest BCUT2D eigenvalue weighted by Crippen LogP contribution is -2.39. The fourth-order valence-electron chi connectivity index (χ4n) is 2.20. The maximum absolute atomic E-state index is 13.4. The number of nitrogens with zero attached hydrogens (tertiary/aromatic N) is 2. The Balaban J connectivity index is 2.00. The van der Waals surface area contributed by atoms with Gasteiger partial charge in [-0.3, -0.25) is 5.43 Å². The average molecular weight is 255 g/mol. The van der Waals surface area contributed by atoms with Crippen LogP contribution in [0.2, 0.25) is 0 Å². The number of nitrogens with two attached hydrogens (primary N) is 1. The van der Waals surface area contributed by atoms with Gasteiger partial charge in [0.15, 0.2) is 11.6 Å². The van der Waals surface area contributed by atoms with Gasteiger partial charge >= 0.3 is 0 Å². The van der Waals surface area contributed by atoms with Gasteiger partial charge in [0.2, 0.25) is 5.95 Å². The van der Waals surface area contributed by atoms with Crippen LogP contribution >= 0.6 is 0 Å². The quantitative estimate of drug-likeness (QED) is 0.473. The molecular weight excluding hydrogens is 237 g/mol. The smallest absolute Gasteiger partial charge is 0.239 e. The summed E-state index contributed by atoms with van der Waals surface area (Å²) in [5.74, 6) is 4.78. The molecule has 100 valence electrons. The van der Waals surface area contributed by atoms with E-state index in [1.165, 1.54) is 0 Å². The molecule has 1 saturated carbocycles. The second kappa shape index (κ2) is 5.45. The Morgan fingerprint density at radius 2 is 2.11 bits per heavy atom. The molecule has 0 aromatic carbocycles. The van der Waals surface area contributed by atoms with Crippen molar-refractivity contribution in [1.29, 1.82) is 0 Å². The molecule has 18 heavy (non-hydrogen) atoms. The molecule has 1 fully saturated rings. The minimum absolute atomic E-state index is 0.0527. The van der Waals surface area contributed by atoms with Crippen molar-refractivity contribution in [3.63, 3.8) is 0 Å². The molecule has 1 aromatic rings. The number of hydrazine groups is 1. The molecule has 7 heteroatoms. The number of anilines is 2. The van der Waals surface area contributed by atoms with Crippen molar-refractivity contribution >= 4 is 11.8 Å². The van der Waals surface area contributed by atoms with E-state index in [1.807, 2.05) is 0 Å². The molecule has 1 aliphatic carbocycles. The van der Waals surface area contributed by atoms with E-state index in [0.29, 0.717) is 0 Å². The number of halogens is 1. The zero-order valence-electron chi connectivity index (χ0n) is 10.1. The molecule has 6 nitrogen and oxygen atoms in total. The molecule has 0 saturated heterocycles. The highest BCUT2D eigenvalue weighted by atomic mass is 19.1. The van der Waals surface area contributed by atoms with Crippen molar-refractivity contribution in [1.82, 2.24) is 9.97 Å². The summed E-state index contributed by atoms with van der Waals surface area (Å²) in [7, 11) is 0. The summed E-state index contributed by atoms with van der Waals surface area (Å²) in [4.78, 5) is 7.51. The van der Waals surface area contributed by atoms with E-state index in [1.54, 1.807) is 0 Å². The van der Waals surface area contributed by atoms with Crippen molar-refractivity contribution in [2.45, 2.75) is 37.7 Å². The summed E-state index contributed by atoms with van der Waals surface area (Å²) in [5, 5.41) is 13.1. The highest BCUT2D eigenvalue weighted by molar-refractivity contribution is 5.40. The van der Waals surface area contributed by atoms with Gasteiger partial charge in [-0.05, 0) is 12.8 Å². The SMILES string of the molecule is NNc1ncc(F)c(NCC2(O)CCCCC2)n1. The van der Waals surface area contributed by atoms with Crippen molar-refractivity contribution < 1.29 is 9.50 Å². The molecule has 0 amide bonds. The molecule has 0 aliphatic heterocycles. The molecule has 0 radical (unpaired) electrons. The van der Waals surface area contributed by atoms with Crippen LogP contribution in [0.15, 0.2) is 6.20 Å². The van der Waals surface area contributed by atoms with Crippen molar-refractivity contribution in [3.05, 3.63) is 12.0 Å². The highest BCUT2D eigenvalue weighted by Crippen LogP contribution is 2.28. The molecular formula is C11H18FN5O. The lowest BCUT2D eigenvalue weighted by molar-refractivity contribution is 0.0166. The van der Waals surface area contributed by atoms with Crippen LogP contribution in [0.3, 0.4) is 0 Å². The van der Waals surface area contributed by atoms with Gasteiger partial charge < -0.3 is 10.4 Å². The van der Waals surface area contributed by atoms with E-state index in [2.05, 4.69) is 20.7 Å². The Labute approximate surface area is 105 Å². The minimum atomic E-state index is -0.772. The summed E-state index contributed by atoms with van der Waals surface area (Å²) in [6.45, 7) is 0.283. The topological polar surface area (TPSA) is 96.1 Å². The van der Waals surface area contributed by atoms with Crippen LogP contribution in [0, 0.1) is 5.82 Å². The van der Waals surface area contributed by atoms with Gasteiger partial charge in [0.05, 0.1) is 11.8 Å². The normalized spacial score (nSPS) is 18.4. The number of hydrogen-bond donors (Lipinski definition) is 4. The van der Waals surface area contributed by atoms with E-state index in [4.69, 9.17) is 5.84 Å². The zero-order valence-corrected chi connectivity index (χ0v) is 10.1. The monoisotopic (exact) mass is 255 g/mol. The fourth-order valence-corrected chi connectivity index (χ4v) is 2.20. The zero-order chi connectivity index (χ0) is 13.0. The van der Waals surface area contributed by atoms with Crippen LogP contribution < -0.4 is 16.6 Å². The van der Waals surface area contributed by atoms with Gasteiger partial charge in [0.1, 0.15) is 0 Å². The first-order valence-electron chi connectivity index (χ1n) is 6.08. The maximum atomic E-state index is 13.4. The van der Waals surface area contributed by atoms with Crippen molar-refractivity contribution in [3.8, 4) is 0 Å². The second-order valence-corrected chi connectivity index (χ2v) is 4.67. The fraction of sp³-hybridized carbons (Fsp3) is 0.636. The molecule has 0 bridgehead atoms. The standard InChI is InChI=1S/C11H18FN5O/c12-8-6-14-10(17-13)16-9(8)15-7-11(18)4-2-1-3-5-11/h6,18H,1-5,7,13H2,(H2,14,15,16,17). The molecule has 0 spiro atoms. The second-order valence-electron chi connectivity index (χ2n) is 4.67. The number of aliphatic hydroxyl groups is 1. The Morgan fingerprint density at radius 3 is 2.78 bits per heavy atom. The lowest BCUT2D eigenvalue weighted by atomic mass is 9.85. The molecule has 2 rings (SSSR count). The van der Waals surface area contributed by atoms with Gasteiger partial charge in [-0.1, -0.05) is 19.3 Å². The van der Waals surface area contributed by atoms with Gasteiger partial charge in [-0.2, -0.15) is 4.98 Å². The van der Waals surface area contributed by atoms with Crippen LogP contribution in [0.5, 0.6) is 0 Å². The van der Waals surface area contributed by atoms with Gasteiger partial charge in [-0.25, -0.2) is 15.2 Å². The van der Waals surface area contributed by atoms with Crippen LogP contribution in [0.25, 0.3) is 0 Å². The molecule has 0 unspecified atom stereocenters. The summed E-state index contributed by atoms with van der Waals surface area (Å²) in [5.41, 5.74) is 1.48. The molecule has 1 aromatic heterocycles. The Bertz CT molecular complexity index is 408. The summed E-state index contributed by atoms with van der Waals surface area (Å²) in [6.07, 6.45) is 5.64. The first-order valence-corrected chi connectivity index (χ1v) is 6.08. The average Bonchev–Trinajstić information content (AvgIpc) is 2.39. The lowest BCUT2D eigenvalue weighted by Gasteiger charge is -2.32. The van der Waals surface area contributed by atoms with Crippen LogP contribution in [-0.2, 0) is 0 Å². The van der Waals surface area contributed by atoms with Gasteiger partial charge in [-0.15, -0.1) is 0 Å². The molecule has 1 heterocycles. The third-order valence-electron chi connectivity index (χ3n) is 3.24. The van der Waals surface area contributed by atoms with Crippen LogP contribution in [-0.4, -0.2) is 27.2 Å². The number of aromatic nitrogens is 2. The predicted octanol–water partition coefficient (Wildman–Crippen LogP) is 1.01. The minimum Gasteiger partial charge on any atom is -0.388 e. The van der Waals surface area contributed by atoms with E-state index < -0.39 is 11.4 Å². The highest BCUT2D eigenvalue weighted by Gasteiger charge is 2.29. The van der Waals surface area contributed by atoms with Gasteiger partial charge in [0, 0.05) is 6.54 Å². The van der Waals surface area contributed by atoms with Crippen molar-refractivity contribution in [2.24, 2.45) is 5.84 Å². The maximum Gasteiger partial charge on any atom is 0.239 e. The number of nitrogens with one attached hydrogen (secondary N) is 2. The molecule has 0 atom stereocenters. The van der Waals surface area contributed by atoms with E-state index in [9.17, 15) is 9.50 Å². The molecule has 1 aliphatic rings. The summed E-state index contributed by atoms with van der Waals surface area (Å²) in [6, 6.07) is 0. The predicted molar refractivity (Wildman–Crippen MR) is 66.3 cm³/mol. The van der Waals surface area contributed by atoms with E-state index in [-0.39, 0.29) is 18.3 Å². The van der Waals surface area contributed by atoms with Crippen LogP contribution in [0.4, 0.5) is 16.2 Å². The first kappa shape index (κ1) is 13.0. The van der Waals surface area contributed by atoms with E-state index >= 15 is 0 Å². The van der Waals surface area contributed by atoms with Crippen LogP contribution in [0.1, 0.15) is 32.1 Å². The Hall–Kier alpha value is -1.47.